The van der Waals surface area contributed by atoms with Crippen molar-refractivity contribution < 1.29 is 28.6 Å². The van der Waals surface area contributed by atoms with Crippen molar-refractivity contribution in [2.45, 2.75) is 219 Å². The van der Waals surface area contributed by atoms with E-state index in [2.05, 4.69) is 118 Å². The second kappa shape index (κ2) is 54.2. The van der Waals surface area contributed by atoms with Crippen molar-refractivity contribution >= 4 is 17.9 Å². The van der Waals surface area contributed by atoms with Crippen molar-refractivity contribution in [1.29, 1.82) is 0 Å². The first-order valence-corrected chi connectivity index (χ1v) is 26.8. The summed E-state index contributed by atoms with van der Waals surface area (Å²) < 4.78 is 16.7. The zero-order valence-electron chi connectivity index (χ0n) is 42.9. The third-order valence-electron chi connectivity index (χ3n) is 10.7. The van der Waals surface area contributed by atoms with Crippen molar-refractivity contribution in [3.8, 4) is 0 Å². The van der Waals surface area contributed by atoms with E-state index in [9.17, 15) is 14.4 Å². The van der Waals surface area contributed by atoms with Gasteiger partial charge in [-0.3, -0.25) is 14.4 Å². The van der Waals surface area contributed by atoms with Crippen LogP contribution in [0.4, 0.5) is 0 Å². The molecule has 0 heterocycles. The second-order valence-corrected chi connectivity index (χ2v) is 17.1. The van der Waals surface area contributed by atoms with Gasteiger partial charge in [0.05, 0.1) is 0 Å². The quantitative estimate of drug-likeness (QED) is 0.0199. The third-order valence-corrected chi connectivity index (χ3v) is 10.7. The molecule has 0 aromatic rings. The summed E-state index contributed by atoms with van der Waals surface area (Å²) in [6.45, 7) is 6.25. The van der Waals surface area contributed by atoms with Crippen LogP contribution < -0.4 is 0 Å². The van der Waals surface area contributed by atoms with Crippen molar-refractivity contribution in [3.05, 3.63) is 134 Å². The van der Waals surface area contributed by atoms with E-state index in [4.69, 9.17) is 14.2 Å². The van der Waals surface area contributed by atoms with Gasteiger partial charge < -0.3 is 14.2 Å². The van der Waals surface area contributed by atoms with Crippen LogP contribution >= 0.6 is 0 Å². The van der Waals surface area contributed by atoms with E-state index in [1.807, 2.05) is 36.5 Å². The Morgan fingerprint density at radius 2 is 0.672 bits per heavy atom. The number of allylic oxidation sites excluding steroid dienone is 22. The molecule has 0 bridgehead atoms. The van der Waals surface area contributed by atoms with Gasteiger partial charge in [-0.15, -0.1) is 0 Å². The van der Waals surface area contributed by atoms with Crippen LogP contribution in [0.5, 0.6) is 0 Å². The zero-order valence-corrected chi connectivity index (χ0v) is 42.9. The summed E-state index contributed by atoms with van der Waals surface area (Å²) >= 11 is 0. The Morgan fingerprint density at radius 1 is 0.328 bits per heavy atom. The fourth-order valence-electron chi connectivity index (χ4n) is 6.77. The molecule has 0 N–H and O–H groups in total. The fourth-order valence-corrected chi connectivity index (χ4v) is 6.77. The van der Waals surface area contributed by atoms with E-state index in [0.717, 1.165) is 89.9 Å². The molecule has 1 atom stereocenters. The monoisotopic (exact) mass is 925 g/mol. The highest BCUT2D eigenvalue weighted by Gasteiger charge is 2.19. The molecule has 0 saturated heterocycles. The highest BCUT2D eigenvalue weighted by atomic mass is 16.6. The molecule has 0 aromatic carbocycles. The Balaban J connectivity index is 4.53. The van der Waals surface area contributed by atoms with Gasteiger partial charge >= 0.3 is 17.9 Å². The number of hydrogen-bond donors (Lipinski definition) is 0. The summed E-state index contributed by atoms with van der Waals surface area (Å²) in [5, 5.41) is 0. The van der Waals surface area contributed by atoms with Crippen LogP contribution in [0.3, 0.4) is 0 Å². The number of carbonyl (C=O) groups is 3. The fraction of sp³-hybridized carbons (Fsp3) is 0.590. The Kier molecular flexibility index (Phi) is 50.6. The van der Waals surface area contributed by atoms with Gasteiger partial charge in [0.2, 0.25) is 0 Å². The summed E-state index contributed by atoms with van der Waals surface area (Å²) in [7, 11) is 0. The number of esters is 3. The molecular weight excluding hydrogens is 829 g/mol. The van der Waals surface area contributed by atoms with Crippen LogP contribution in [0, 0.1) is 0 Å². The van der Waals surface area contributed by atoms with Gasteiger partial charge in [-0.05, 0) is 103 Å². The molecule has 0 spiro atoms. The summed E-state index contributed by atoms with van der Waals surface area (Å²) in [5.74, 6) is -1.03. The predicted molar refractivity (Wildman–Crippen MR) is 288 cm³/mol. The van der Waals surface area contributed by atoms with E-state index in [-0.39, 0.29) is 37.5 Å². The molecular formula is C61H96O6. The smallest absolute Gasteiger partial charge is 0.306 e. The molecule has 0 aliphatic rings. The highest BCUT2D eigenvalue weighted by molar-refractivity contribution is 5.71. The Hall–Kier alpha value is -4.45. The van der Waals surface area contributed by atoms with Gasteiger partial charge in [-0.2, -0.15) is 0 Å². The van der Waals surface area contributed by atoms with E-state index in [1.54, 1.807) is 0 Å². The number of carbonyl (C=O) groups excluding carboxylic acids is 3. The van der Waals surface area contributed by atoms with Gasteiger partial charge in [0.15, 0.2) is 6.10 Å². The summed E-state index contributed by atoms with van der Waals surface area (Å²) in [5.41, 5.74) is 0. The van der Waals surface area contributed by atoms with E-state index < -0.39 is 6.10 Å². The van der Waals surface area contributed by atoms with Crippen molar-refractivity contribution in [3.63, 3.8) is 0 Å². The average Bonchev–Trinajstić information content (AvgIpc) is 3.33. The van der Waals surface area contributed by atoms with Gasteiger partial charge in [0.1, 0.15) is 13.2 Å². The minimum absolute atomic E-state index is 0.120. The first kappa shape index (κ1) is 62.5. The minimum atomic E-state index is -0.830. The van der Waals surface area contributed by atoms with Crippen molar-refractivity contribution in [2.75, 3.05) is 13.2 Å². The van der Waals surface area contributed by atoms with Crippen LogP contribution in [0.25, 0.3) is 0 Å². The van der Waals surface area contributed by atoms with E-state index in [1.165, 1.54) is 77.0 Å². The maximum absolute atomic E-state index is 12.8. The largest absolute Gasteiger partial charge is 0.462 e. The second-order valence-electron chi connectivity index (χ2n) is 17.1. The van der Waals surface area contributed by atoms with Crippen LogP contribution in [-0.4, -0.2) is 37.2 Å². The molecule has 0 fully saturated rings. The standard InChI is InChI=1S/C61H96O6/c1-4-7-10-13-16-19-22-25-27-29-30-32-33-36-39-42-45-48-51-54-60(63)66-57-58(56-65-59(62)53-50-47-44-41-38-35-24-21-18-15-12-9-6-3)67-61(64)55-52-49-46-43-40-37-34-31-28-26-23-20-17-14-11-8-5-2/h8-9,11-12,15-22,24-26,28,34-35,37-38,43,46,58H,4-7,10,13-14,23,27,29-33,36,39-42,44-45,47-57H2,1-3H3/b11-8+,12-9+,18-15+,19-16+,20-17+,24-21+,25-22+,28-26+,37-34+,38-35+,46-43+. The molecule has 0 aliphatic carbocycles. The Morgan fingerprint density at radius 3 is 1.15 bits per heavy atom. The first-order valence-electron chi connectivity index (χ1n) is 26.8. The minimum Gasteiger partial charge on any atom is -0.462 e. The lowest BCUT2D eigenvalue weighted by Crippen LogP contribution is -2.30. The maximum Gasteiger partial charge on any atom is 0.306 e. The van der Waals surface area contributed by atoms with Crippen LogP contribution in [0.2, 0.25) is 0 Å². The van der Waals surface area contributed by atoms with Crippen molar-refractivity contribution in [2.24, 2.45) is 0 Å². The lowest BCUT2D eigenvalue weighted by Gasteiger charge is -2.18. The predicted octanol–water partition coefficient (Wildman–Crippen LogP) is 17.9. The van der Waals surface area contributed by atoms with Gasteiger partial charge in [-0.1, -0.05) is 225 Å². The van der Waals surface area contributed by atoms with Gasteiger partial charge in [0.25, 0.3) is 0 Å². The molecule has 0 aliphatic heterocycles. The van der Waals surface area contributed by atoms with Crippen molar-refractivity contribution in [1.82, 2.24) is 0 Å². The molecule has 6 nitrogen and oxygen atoms in total. The zero-order chi connectivity index (χ0) is 48.6. The van der Waals surface area contributed by atoms with Crippen LogP contribution in [-0.2, 0) is 28.6 Å². The summed E-state index contributed by atoms with van der Waals surface area (Å²) in [6.07, 6.45) is 75.9. The van der Waals surface area contributed by atoms with E-state index >= 15 is 0 Å². The lowest BCUT2D eigenvalue weighted by molar-refractivity contribution is -0.167. The molecule has 0 aromatic heterocycles. The number of ether oxygens (including phenoxy) is 3. The lowest BCUT2D eigenvalue weighted by atomic mass is 10.1. The topological polar surface area (TPSA) is 78.9 Å². The van der Waals surface area contributed by atoms with Gasteiger partial charge in [-0.25, -0.2) is 0 Å². The SMILES string of the molecule is CC/C=C/C=C/C=C/C=C/CCCCCC(=O)OCC(COC(=O)CCCCCCCCCCCC/C=C/C=C/CCCCC)OC(=O)CCC/C=C/C/C=C/C/C=C/C/C=C/C/C=C/CC. The van der Waals surface area contributed by atoms with Gasteiger partial charge in [0, 0.05) is 19.3 Å². The highest BCUT2D eigenvalue weighted by Crippen LogP contribution is 2.14. The Bertz CT molecular complexity index is 1480. The molecule has 0 saturated carbocycles. The molecule has 67 heavy (non-hydrogen) atoms. The first-order chi connectivity index (χ1) is 33.0. The molecule has 0 rings (SSSR count). The number of rotatable bonds is 46. The third kappa shape index (κ3) is 52.4. The number of hydrogen-bond acceptors (Lipinski definition) is 6. The number of unbranched alkanes of at least 4 members (excludes halogenated alkanes) is 17. The Labute approximate surface area is 411 Å². The van der Waals surface area contributed by atoms with E-state index in [0.29, 0.717) is 19.3 Å². The van der Waals surface area contributed by atoms with Crippen LogP contribution in [0.1, 0.15) is 213 Å². The average molecular weight is 925 g/mol. The molecule has 1 unspecified atom stereocenters. The normalized spacial score (nSPS) is 13.2. The molecule has 376 valence electrons. The molecule has 0 amide bonds. The summed E-state index contributed by atoms with van der Waals surface area (Å²) in [6, 6.07) is 0. The summed E-state index contributed by atoms with van der Waals surface area (Å²) in [4.78, 5) is 38.0. The molecule has 0 radical (unpaired) electrons. The maximum atomic E-state index is 12.8. The molecule has 6 heteroatoms. The van der Waals surface area contributed by atoms with Crippen LogP contribution in [0.15, 0.2) is 134 Å².